The lowest BCUT2D eigenvalue weighted by atomic mass is 10.0. The highest BCUT2D eigenvalue weighted by Gasteiger charge is 2.27. The Balaban J connectivity index is 4.26. The SMILES string of the molecule is CC/C=C\C/C=C\C/C=C\C/C=C\C/C=C\C/C=C\CCCCCCCCC(=O)OC(COC(=O)CCCCCCCCCCCCCCCCCCCC)COP(=O)(O)OCC[N+](C)(C)C. The average molecular weight is 961 g/mol. The van der Waals surface area contributed by atoms with Gasteiger partial charge in [0, 0.05) is 12.8 Å². The van der Waals surface area contributed by atoms with Crippen molar-refractivity contribution in [2.75, 3.05) is 47.5 Å². The molecule has 388 valence electrons. The molecule has 10 heteroatoms. The number of hydrogen-bond acceptors (Lipinski definition) is 7. The lowest BCUT2D eigenvalue weighted by Crippen LogP contribution is -2.37. The van der Waals surface area contributed by atoms with Gasteiger partial charge in [-0.1, -0.05) is 222 Å². The number of esters is 2. The number of allylic oxidation sites excluding steroid dienone is 12. The molecular weight excluding hydrogens is 858 g/mol. The van der Waals surface area contributed by atoms with Gasteiger partial charge in [-0.3, -0.25) is 18.6 Å². The minimum Gasteiger partial charge on any atom is -0.462 e. The quantitative estimate of drug-likeness (QED) is 0.0211. The first-order valence-electron chi connectivity index (χ1n) is 27.2. The molecule has 0 fully saturated rings. The van der Waals surface area contributed by atoms with Gasteiger partial charge in [0.25, 0.3) is 0 Å². The maximum atomic E-state index is 12.8. The molecule has 67 heavy (non-hydrogen) atoms. The highest BCUT2D eigenvalue weighted by atomic mass is 31.2. The molecular formula is C57H103NO8P+. The average Bonchev–Trinajstić information content (AvgIpc) is 3.29. The van der Waals surface area contributed by atoms with Crippen molar-refractivity contribution in [3.8, 4) is 0 Å². The van der Waals surface area contributed by atoms with Gasteiger partial charge in [0.2, 0.25) is 0 Å². The Hall–Kier alpha value is -2.55. The van der Waals surface area contributed by atoms with Gasteiger partial charge in [0.1, 0.15) is 19.8 Å². The zero-order valence-electron chi connectivity index (χ0n) is 43.9. The molecule has 2 unspecified atom stereocenters. The van der Waals surface area contributed by atoms with Crippen molar-refractivity contribution >= 4 is 19.8 Å². The molecule has 0 aromatic rings. The van der Waals surface area contributed by atoms with Crippen molar-refractivity contribution in [2.45, 2.75) is 232 Å². The number of rotatable bonds is 49. The topological polar surface area (TPSA) is 108 Å². The third-order valence-electron chi connectivity index (χ3n) is 11.5. The summed E-state index contributed by atoms with van der Waals surface area (Å²) in [5.74, 6) is -0.811. The summed E-state index contributed by atoms with van der Waals surface area (Å²) in [6.45, 7) is 4.31. The number of quaternary nitrogens is 1. The van der Waals surface area contributed by atoms with Crippen molar-refractivity contribution in [1.29, 1.82) is 0 Å². The maximum Gasteiger partial charge on any atom is 0.472 e. The molecule has 0 spiro atoms. The molecule has 2 atom stereocenters. The molecule has 0 aliphatic heterocycles. The van der Waals surface area contributed by atoms with E-state index < -0.39 is 26.5 Å². The predicted octanol–water partition coefficient (Wildman–Crippen LogP) is 16.5. The Morgan fingerprint density at radius 3 is 1.27 bits per heavy atom. The highest BCUT2D eigenvalue weighted by Crippen LogP contribution is 2.43. The van der Waals surface area contributed by atoms with E-state index in [-0.39, 0.29) is 32.0 Å². The lowest BCUT2D eigenvalue weighted by molar-refractivity contribution is -0.870. The van der Waals surface area contributed by atoms with E-state index in [0.29, 0.717) is 17.4 Å². The van der Waals surface area contributed by atoms with Crippen LogP contribution in [0.1, 0.15) is 226 Å². The second-order valence-electron chi connectivity index (χ2n) is 19.2. The zero-order valence-corrected chi connectivity index (χ0v) is 44.8. The standard InChI is InChI=1S/C57H102NO8P/c1-6-8-10-12-14-16-18-20-22-24-26-27-28-29-30-31-32-34-36-38-40-42-44-46-48-50-57(60)66-55(54-65-67(61,62)64-52-51-58(3,4)5)53-63-56(59)49-47-45-43-41-39-37-35-33-25-23-21-19-17-15-13-11-9-7-2/h8,10,14,16,20,22,26-27,29-30,32,34,55H,6-7,9,11-13,15,17-19,21,23-25,28,31,33,35-54H2,1-5H3/p+1/b10-8-,16-14-,22-20-,27-26-,30-29-,34-32-. The molecule has 0 aliphatic rings. The number of phosphoric acid groups is 1. The molecule has 0 aromatic heterocycles. The summed E-state index contributed by atoms with van der Waals surface area (Å²) in [5.41, 5.74) is 0. The maximum absolute atomic E-state index is 12.8. The van der Waals surface area contributed by atoms with Crippen LogP contribution in [0.25, 0.3) is 0 Å². The molecule has 0 heterocycles. The minimum atomic E-state index is -4.39. The zero-order chi connectivity index (χ0) is 49.2. The van der Waals surface area contributed by atoms with E-state index in [1.807, 2.05) is 21.1 Å². The molecule has 1 N–H and O–H groups in total. The first-order chi connectivity index (χ1) is 32.5. The molecule has 0 radical (unpaired) electrons. The summed E-state index contributed by atoms with van der Waals surface area (Å²) in [4.78, 5) is 35.6. The second-order valence-corrected chi connectivity index (χ2v) is 20.7. The molecule has 0 saturated carbocycles. The van der Waals surface area contributed by atoms with E-state index in [0.717, 1.165) is 96.3 Å². The normalized spacial score (nSPS) is 13.9. The summed E-state index contributed by atoms with van der Waals surface area (Å²) >= 11 is 0. The van der Waals surface area contributed by atoms with Gasteiger partial charge < -0.3 is 18.9 Å². The van der Waals surface area contributed by atoms with Gasteiger partial charge in [-0.2, -0.15) is 0 Å². The highest BCUT2D eigenvalue weighted by molar-refractivity contribution is 7.47. The third kappa shape index (κ3) is 52.7. The van der Waals surface area contributed by atoms with Crippen LogP contribution in [-0.4, -0.2) is 74.9 Å². The molecule has 0 aliphatic carbocycles. The molecule has 0 aromatic carbocycles. The smallest absolute Gasteiger partial charge is 0.462 e. The largest absolute Gasteiger partial charge is 0.472 e. The first-order valence-corrected chi connectivity index (χ1v) is 28.7. The van der Waals surface area contributed by atoms with Crippen molar-refractivity contribution < 1.29 is 42.1 Å². The molecule has 0 bridgehead atoms. The summed E-state index contributed by atoms with van der Waals surface area (Å²) in [6.07, 6.45) is 62.4. The van der Waals surface area contributed by atoms with Crippen molar-refractivity contribution in [2.24, 2.45) is 0 Å². The van der Waals surface area contributed by atoms with Gasteiger partial charge in [-0.15, -0.1) is 0 Å². The van der Waals surface area contributed by atoms with Crippen molar-refractivity contribution in [3.63, 3.8) is 0 Å². The number of hydrogen-bond donors (Lipinski definition) is 1. The van der Waals surface area contributed by atoms with Crippen molar-refractivity contribution in [3.05, 3.63) is 72.9 Å². The number of ether oxygens (including phenoxy) is 2. The van der Waals surface area contributed by atoms with Crippen LogP contribution in [0, 0.1) is 0 Å². The third-order valence-corrected chi connectivity index (χ3v) is 12.5. The number of unbranched alkanes of at least 4 members (excludes halogenated alkanes) is 23. The van der Waals surface area contributed by atoms with Gasteiger partial charge in [0.15, 0.2) is 6.10 Å². The van der Waals surface area contributed by atoms with Crippen LogP contribution in [0.5, 0.6) is 0 Å². The molecule has 0 amide bonds. The summed E-state index contributed by atoms with van der Waals surface area (Å²) in [6, 6.07) is 0. The van der Waals surface area contributed by atoms with Gasteiger partial charge >= 0.3 is 19.8 Å². The Labute approximate surface area is 412 Å². The van der Waals surface area contributed by atoms with Crippen molar-refractivity contribution in [1.82, 2.24) is 0 Å². The van der Waals surface area contributed by atoms with E-state index in [1.54, 1.807) is 0 Å². The fourth-order valence-corrected chi connectivity index (χ4v) is 8.05. The molecule has 0 saturated heterocycles. The number of nitrogens with zero attached hydrogens (tertiary/aromatic N) is 1. The minimum absolute atomic E-state index is 0.0264. The monoisotopic (exact) mass is 961 g/mol. The number of carbonyl (C=O) groups excluding carboxylic acids is 2. The van der Waals surface area contributed by atoms with Gasteiger partial charge in [-0.25, -0.2) is 4.57 Å². The van der Waals surface area contributed by atoms with Crippen LogP contribution in [0.15, 0.2) is 72.9 Å². The van der Waals surface area contributed by atoms with Crippen LogP contribution >= 0.6 is 7.82 Å². The van der Waals surface area contributed by atoms with Crippen LogP contribution in [0.4, 0.5) is 0 Å². The number of phosphoric ester groups is 1. The predicted molar refractivity (Wildman–Crippen MR) is 284 cm³/mol. The van der Waals surface area contributed by atoms with Crippen LogP contribution in [0.3, 0.4) is 0 Å². The Bertz CT molecular complexity index is 1360. The lowest BCUT2D eigenvalue weighted by Gasteiger charge is -2.24. The Morgan fingerprint density at radius 1 is 0.478 bits per heavy atom. The Morgan fingerprint density at radius 2 is 0.851 bits per heavy atom. The fraction of sp³-hybridized carbons (Fsp3) is 0.754. The summed E-state index contributed by atoms with van der Waals surface area (Å²) in [5, 5.41) is 0. The van der Waals surface area contributed by atoms with E-state index in [2.05, 4.69) is 86.8 Å². The summed E-state index contributed by atoms with van der Waals surface area (Å²) < 4.78 is 34.5. The van der Waals surface area contributed by atoms with Gasteiger partial charge in [0.05, 0.1) is 27.7 Å². The van der Waals surface area contributed by atoms with Crippen LogP contribution in [-0.2, 0) is 32.7 Å². The Kier molecular flexibility index (Phi) is 46.6. The van der Waals surface area contributed by atoms with E-state index >= 15 is 0 Å². The van der Waals surface area contributed by atoms with Crippen LogP contribution in [0.2, 0.25) is 0 Å². The van der Waals surface area contributed by atoms with E-state index in [4.69, 9.17) is 18.5 Å². The molecule has 0 rings (SSSR count). The summed E-state index contributed by atoms with van der Waals surface area (Å²) in [7, 11) is 1.46. The number of likely N-dealkylation sites (N-methyl/N-ethyl adjacent to an activating group) is 1. The second kappa shape index (κ2) is 48.5. The fourth-order valence-electron chi connectivity index (χ4n) is 7.31. The van der Waals surface area contributed by atoms with E-state index in [9.17, 15) is 19.0 Å². The van der Waals surface area contributed by atoms with Crippen LogP contribution < -0.4 is 0 Å². The number of carbonyl (C=O) groups is 2. The molecule has 9 nitrogen and oxygen atoms in total. The van der Waals surface area contributed by atoms with E-state index in [1.165, 1.54) is 96.3 Å². The van der Waals surface area contributed by atoms with Gasteiger partial charge in [-0.05, 0) is 64.2 Å². The first kappa shape index (κ1) is 64.5.